The summed E-state index contributed by atoms with van der Waals surface area (Å²) in [5.41, 5.74) is 0.375. The van der Waals surface area contributed by atoms with E-state index in [0.29, 0.717) is 5.56 Å². The van der Waals surface area contributed by atoms with Gasteiger partial charge >= 0.3 is 57.4 Å². The van der Waals surface area contributed by atoms with Crippen molar-refractivity contribution in [3.63, 3.8) is 0 Å². The van der Waals surface area contributed by atoms with Gasteiger partial charge in [0.05, 0.1) is 5.56 Å². The summed E-state index contributed by atoms with van der Waals surface area (Å²) in [4.78, 5) is 10.7. The molecule has 0 saturated carbocycles. The fourth-order valence-corrected chi connectivity index (χ4v) is 2.83. The number of hydrogen-bond donors (Lipinski definition) is 1. The quantitative estimate of drug-likeness (QED) is 0.317. The second kappa shape index (κ2) is 6.96. The van der Waals surface area contributed by atoms with E-state index in [1.807, 2.05) is 6.07 Å². The standard InChI is InChI=1S/C7H3I3O2.K.H/c8-4-2-1-3(7(11)12)5(9)6(4)10;;/h1-2H,(H,11,12);;/q;+1;-1. The molecule has 0 aromatic heterocycles. The molecule has 0 unspecified atom stereocenters. The Labute approximate surface area is 161 Å². The number of carboxylic acids is 1. The van der Waals surface area contributed by atoms with Gasteiger partial charge in [-0.2, -0.15) is 0 Å². The molecule has 0 aliphatic carbocycles. The number of aromatic carboxylic acids is 1. The molecule has 0 bridgehead atoms. The van der Waals surface area contributed by atoms with E-state index in [2.05, 4.69) is 67.8 Å². The van der Waals surface area contributed by atoms with Crippen molar-refractivity contribution >= 4 is 73.7 Å². The van der Waals surface area contributed by atoms with Gasteiger partial charge in [-0.15, -0.1) is 0 Å². The molecule has 0 aliphatic rings. The van der Waals surface area contributed by atoms with Crippen LogP contribution in [-0.4, -0.2) is 11.1 Å². The molecule has 0 saturated heterocycles. The minimum atomic E-state index is -0.867. The fourth-order valence-electron chi connectivity index (χ4n) is 0.691. The Hall–Kier alpha value is 2.52. The van der Waals surface area contributed by atoms with Gasteiger partial charge in [0, 0.05) is 10.7 Å². The van der Waals surface area contributed by atoms with E-state index in [4.69, 9.17) is 5.11 Å². The van der Waals surface area contributed by atoms with Crippen LogP contribution in [0.3, 0.4) is 0 Å². The number of hydrogen-bond acceptors (Lipinski definition) is 1. The maximum atomic E-state index is 10.7. The molecule has 1 rings (SSSR count). The minimum Gasteiger partial charge on any atom is -1.00 e. The number of rotatable bonds is 1. The van der Waals surface area contributed by atoms with Crippen LogP contribution < -0.4 is 51.4 Å². The first-order valence-corrected chi connectivity index (χ1v) is 6.14. The summed E-state index contributed by atoms with van der Waals surface area (Å²) in [5, 5.41) is 8.77. The number of benzene rings is 1. The maximum Gasteiger partial charge on any atom is 1.00 e. The Balaban J connectivity index is 0. The number of carbonyl (C=O) groups is 1. The van der Waals surface area contributed by atoms with Crippen molar-refractivity contribution in [3.05, 3.63) is 28.4 Å². The van der Waals surface area contributed by atoms with Crippen LogP contribution in [0.5, 0.6) is 0 Å². The number of carboxylic acid groups (broad SMARTS) is 1. The van der Waals surface area contributed by atoms with Crippen LogP contribution in [0.1, 0.15) is 11.8 Å². The zero-order valence-corrected chi connectivity index (χ0v) is 16.2. The summed E-state index contributed by atoms with van der Waals surface area (Å²) in [6.45, 7) is 0. The molecule has 0 aliphatic heterocycles. The summed E-state index contributed by atoms with van der Waals surface area (Å²) in [5.74, 6) is -0.867. The van der Waals surface area contributed by atoms with E-state index in [1.165, 1.54) is 0 Å². The van der Waals surface area contributed by atoms with Gasteiger partial charge in [-0.05, 0) is 79.9 Å². The first-order chi connectivity index (χ1) is 5.54. The normalized spacial score (nSPS) is 9.15. The van der Waals surface area contributed by atoms with Gasteiger partial charge in [0.2, 0.25) is 0 Å². The van der Waals surface area contributed by atoms with Gasteiger partial charge < -0.3 is 6.53 Å². The Morgan fingerprint density at radius 2 is 1.77 bits per heavy atom. The second-order valence-electron chi connectivity index (χ2n) is 2.03. The molecule has 0 amide bonds. The monoisotopic (exact) mass is 540 g/mol. The first-order valence-electron chi connectivity index (χ1n) is 2.91. The Morgan fingerprint density at radius 3 is 2.23 bits per heavy atom. The van der Waals surface area contributed by atoms with Crippen molar-refractivity contribution in [3.8, 4) is 0 Å². The van der Waals surface area contributed by atoms with Crippen LogP contribution >= 0.6 is 67.8 Å². The van der Waals surface area contributed by atoms with Gasteiger partial charge in [0.15, 0.2) is 0 Å². The van der Waals surface area contributed by atoms with Crippen LogP contribution in [-0.2, 0) is 0 Å². The van der Waals surface area contributed by atoms with Crippen LogP contribution in [0.2, 0.25) is 0 Å². The third-order valence-electron chi connectivity index (χ3n) is 1.27. The first kappa shape index (κ1) is 15.5. The summed E-state index contributed by atoms with van der Waals surface area (Å²) in [7, 11) is 0. The van der Waals surface area contributed by atoms with Crippen molar-refractivity contribution < 1.29 is 62.7 Å². The van der Waals surface area contributed by atoms with Crippen molar-refractivity contribution in [2.24, 2.45) is 0 Å². The van der Waals surface area contributed by atoms with E-state index in [0.717, 1.165) is 10.7 Å². The average molecular weight is 540 g/mol. The molecule has 6 heteroatoms. The van der Waals surface area contributed by atoms with Crippen LogP contribution in [0.4, 0.5) is 0 Å². The molecule has 0 spiro atoms. The second-order valence-corrected chi connectivity index (χ2v) is 5.35. The zero-order chi connectivity index (χ0) is 9.30. The van der Waals surface area contributed by atoms with E-state index in [1.54, 1.807) is 6.07 Å². The smallest absolute Gasteiger partial charge is 1.00 e. The van der Waals surface area contributed by atoms with Gasteiger partial charge in [-0.3, -0.25) is 0 Å². The molecule has 0 atom stereocenters. The fraction of sp³-hybridized carbons (Fsp3) is 0. The molecule has 1 aromatic carbocycles. The summed E-state index contributed by atoms with van der Waals surface area (Å²) in [6.07, 6.45) is 0. The van der Waals surface area contributed by atoms with Gasteiger partial charge in [-0.25, -0.2) is 4.79 Å². The molecule has 1 aromatic rings. The molecule has 0 heterocycles. The Bertz CT molecular complexity index is 346. The van der Waals surface area contributed by atoms with Crippen LogP contribution in [0.25, 0.3) is 0 Å². The van der Waals surface area contributed by atoms with Gasteiger partial charge in [0.1, 0.15) is 0 Å². The predicted octanol–water partition coefficient (Wildman–Crippen LogP) is 0.315. The van der Waals surface area contributed by atoms with Crippen molar-refractivity contribution in [1.82, 2.24) is 0 Å². The predicted molar refractivity (Wildman–Crippen MR) is 72.7 cm³/mol. The van der Waals surface area contributed by atoms with E-state index in [-0.39, 0.29) is 52.8 Å². The molecule has 66 valence electrons. The Kier molecular flexibility index (Phi) is 8.31. The maximum absolute atomic E-state index is 10.7. The van der Waals surface area contributed by atoms with Gasteiger partial charge in [-0.1, -0.05) is 0 Å². The van der Waals surface area contributed by atoms with Crippen LogP contribution in [0.15, 0.2) is 12.1 Å². The summed E-state index contributed by atoms with van der Waals surface area (Å²) >= 11 is 6.39. The number of halogens is 3. The summed E-state index contributed by atoms with van der Waals surface area (Å²) < 4.78 is 2.91. The third kappa shape index (κ3) is 4.11. The molecule has 1 N–H and O–H groups in total. The Morgan fingerprint density at radius 1 is 1.23 bits per heavy atom. The molecule has 0 radical (unpaired) electrons. The van der Waals surface area contributed by atoms with Crippen molar-refractivity contribution in [2.45, 2.75) is 0 Å². The molecular formula is C7H4I3KO2. The minimum absolute atomic E-state index is 0. The largest absolute Gasteiger partial charge is 1.00 e. The molecule has 13 heavy (non-hydrogen) atoms. The van der Waals surface area contributed by atoms with E-state index >= 15 is 0 Å². The average Bonchev–Trinajstić information content (AvgIpc) is 2.00. The van der Waals surface area contributed by atoms with E-state index in [9.17, 15) is 4.79 Å². The summed E-state index contributed by atoms with van der Waals surface area (Å²) in [6, 6.07) is 3.45. The van der Waals surface area contributed by atoms with Crippen molar-refractivity contribution in [1.29, 1.82) is 0 Å². The van der Waals surface area contributed by atoms with Crippen molar-refractivity contribution in [2.75, 3.05) is 0 Å². The SMILES string of the molecule is O=C(O)c1ccc(I)c(I)c1I.[H-].[K+]. The topological polar surface area (TPSA) is 37.3 Å². The van der Waals surface area contributed by atoms with Gasteiger partial charge in [0.25, 0.3) is 0 Å². The third-order valence-corrected chi connectivity index (χ3v) is 6.47. The molecular weight excluding hydrogens is 536 g/mol. The zero-order valence-electron chi connectivity index (χ0n) is 7.64. The molecule has 2 nitrogen and oxygen atoms in total. The van der Waals surface area contributed by atoms with E-state index < -0.39 is 5.97 Å². The van der Waals surface area contributed by atoms with Crippen LogP contribution in [0, 0.1) is 10.7 Å². The molecule has 0 fully saturated rings.